The zero-order valence-electron chi connectivity index (χ0n) is 13.5. The molecule has 1 aliphatic rings. The SMILES string of the molecule is Cn1nc(CNC(=O)[C@@H]2CCCN(C(N)=O)C2)c2c(Cl)cccc21. The standard InChI is InChI=1S/C16H20ClN5O2/c1-21-13-6-2-5-11(17)14(13)12(20-21)8-19-15(23)10-4-3-7-22(9-10)16(18)24/h2,5-6,10H,3-4,7-9H2,1H3,(H2,18,24)(H,19,23)/t10-/m1/s1. The molecule has 1 atom stereocenters. The summed E-state index contributed by atoms with van der Waals surface area (Å²) >= 11 is 6.27. The summed E-state index contributed by atoms with van der Waals surface area (Å²) in [5.74, 6) is -0.330. The number of rotatable bonds is 3. The largest absolute Gasteiger partial charge is 0.351 e. The van der Waals surface area contributed by atoms with Crippen molar-refractivity contribution in [3.8, 4) is 0 Å². The van der Waals surface area contributed by atoms with Gasteiger partial charge in [-0.1, -0.05) is 17.7 Å². The fourth-order valence-electron chi connectivity index (χ4n) is 3.18. The number of hydrogen-bond donors (Lipinski definition) is 2. The number of likely N-dealkylation sites (tertiary alicyclic amines) is 1. The van der Waals surface area contributed by atoms with E-state index in [-0.39, 0.29) is 11.8 Å². The van der Waals surface area contributed by atoms with Crippen molar-refractivity contribution in [3.63, 3.8) is 0 Å². The normalized spacial score (nSPS) is 17.9. The summed E-state index contributed by atoms with van der Waals surface area (Å²) in [5, 5.41) is 8.82. The van der Waals surface area contributed by atoms with Gasteiger partial charge in [0, 0.05) is 25.5 Å². The molecule has 1 aromatic heterocycles. The first-order valence-corrected chi connectivity index (χ1v) is 8.27. The number of halogens is 1. The predicted octanol–water partition coefficient (Wildman–Crippen LogP) is 1.63. The number of aryl methyl sites for hydroxylation is 1. The van der Waals surface area contributed by atoms with E-state index in [1.807, 2.05) is 25.2 Å². The molecule has 1 saturated heterocycles. The van der Waals surface area contributed by atoms with Gasteiger partial charge in [0.15, 0.2) is 0 Å². The molecule has 7 nitrogen and oxygen atoms in total. The molecular weight excluding hydrogens is 330 g/mol. The van der Waals surface area contributed by atoms with Gasteiger partial charge in [-0.25, -0.2) is 4.79 Å². The summed E-state index contributed by atoms with van der Waals surface area (Å²) in [6.07, 6.45) is 1.53. The van der Waals surface area contributed by atoms with Gasteiger partial charge in [0.05, 0.1) is 28.7 Å². The van der Waals surface area contributed by atoms with Crippen LogP contribution < -0.4 is 11.1 Å². The van der Waals surface area contributed by atoms with Crippen LogP contribution in [0.4, 0.5) is 4.79 Å². The van der Waals surface area contributed by atoms with Crippen LogP contribution in [0.1, 0.15) is 18.5 Å². The molecule has 24 heavy (non-hydrogen) atoms. The topological polar surface area (TPSA) is 93.2 Å². The summed E-state index contributed by atoms with van der Waals surface area (Å²) in [6, 6.07) is 5.14. The fourth-order valence-corrected chi connectivity index (χ4v) is 3.46. The lowest BCUT2D eigenvalue weighted by Crippen LogP contribution is -2.47. The number of benzene rings is 1. The van der Waals surface area contributed by atoms with Crippen LogP contribution in [0.15, 0.2) is 18.2 Å². The Balaban J connectivity index is 1.70. The number of fused-ring (bicyclic) bond motifs is 1. The summed E-state index contributed by atoms with van der Waals surface area (Å²) < 4.78 is 1.75. The first-order valence-electron chi connectivity index (χ1n) is 7.89. The number of amides is 3. The van der Waals surface area contributed by atoms with Gasteiger partial charge >= 0.3 is 6.03 Å². The number of nitrogens with two attached hydrogens (primary N) is 1. The van der Waals surface area contributed by atoms with Crippen LogP contribution in [0.25, 0.3) is 10.9 Å². The van der Waals surface area contributed by atoms with Crippen LogP contribution in [-0.2, 0) is 18.4 Å². The van der Waals surface area contributed by atoms with E-state index in [0.717, 1.165) is 29.4 Å². The molecule has 0 radical (unpaired) electrons. The Morgan fingerprint density at radius 1 is 1.46 bits per heavy atom. The second-order valence-electron chi connectivity index (χ2n) is 6.05. The second-order valence-corrected chi connectivity index (χ2v) is 6.45. The van der Waals surface area contributed by atoms with Crippen molar-refractivity contribution in [2.45, 2.75) is 19.4 Å². The van der Waals surface area contributed by atoms with E-state index in [4.69, 9.17) is 17.3 Å². The molecule has 128 valence electrons. The van der Waals surface area contributed by atoms with Crippen molar-refractivity contribution < 1.29 is 9.59 Å². The van der Waals surface area contributed by atoms with Crippen molar-refractivity contribution >= 4 is 34.4 Å². The van der Waals surface area contributed by atoms with Gasteiger partial charge in [-0.2, -0.15) is 5.10 Å². The Morgan fingerprint density at radius 3 is 3.00 bits per heavy atom. The van der Waals surface area contributed by atoms with E-state index in [0.29, 0.717) is 24.7 Å². The Morgan fingerprint density at radius 2 is 2.25 bits per heavy atom. The van der Waals surface area contributed by atoms with Crippen LogP contribution in [0, 0.1) is 5.92 Å². The minimum atomic E-state index is -0.477. The third-order valence-electron chi connectivity index (χ3n) is 4.43. The number of primary amides is 1. The van der Waals surface area contributed by atoms with Crippen molar-refractivity contribution in [2.75, 3.05) is 13.1 Å². The summed E-state index contributed by atoms with van der Waals surface area (Å²) in [5.41, 5.74) is 6.96. The lowest BCUT2D eigenvalue weighted by atomic mass is 9.97. The number of carbonyl (C=O) groups excluding carboxylic acids is 2. The lowest BCUT2D eigenvalue weighted by molar-refractivity contribution is -0.126. The number of nitrogens with one attached hydrogen (secondary N) is 1. The maximum atomic E-state index is 12.4. The van der Waals surface area contributed by atoms with E-state index in [1.165, 1.54) is 4.90 Å². The molecule has 1 aromatic carbocycles. The molecule has 3 N–H and O–H groups in total. The number of carbonyl (C=O) groups is 2. The molecule has 3 rings (SSSR count). The predicted molar refractivity (Wildman–Crippen MR) is 91.5 cm³/mol. The first kappa shape index (κ1) is 16.6. The summed E-state index contributed by atoms with van der Waals surface area (Å²) in [6.45, 7) is 1.28. The van der Waals surface area contributed by atoms with Gasteiger partial charge in [-0.3, -0.25) is 9.48 Å². The van der Waals surface area contributed by atoms with Crippen LogP contribution in [-0.4, -0.2) is 39.7 Å². The van der Waals surface area contributed by atoms with Crippen molar-refractivity contribution in [2.24, 2.45) is 18.7 Å². The molecule has 0 saturated carbocycles. The van der Waals surface area contributed by atoms with Crippen LogP contribution in [0.2, 0.25) is 5.02 Å². The smallest absolute Gasteiger partial charge is 0.314 e. The zero-order valence-corrected chi connectivity index (χ0v) is 14.2. The van der Waals surface area contributed by atoms with Crippen LogP contribution >= 0.6 is 11.6 Å². The van der Waals surface area contributed by atoms with E-state index < -0.39 is 6.03 Å². The fraction of sp³-hybridized carbons (Fsp3) is 0.438. The van der Waals surface area contributed by atoms with Crippen LogP contribution in [0.3, 0.4) is 0 Å². The number of urea groups is 1. The highest BCUT2D eigenvalue weighted by Gasteiger charge is 2.27. The molecule has 2 aromatic rings. The number of aromatic nitrogens is 2. The van der Waals surface area contributed by atoms with E-state index in [2.05, 4.69) is 10.4 Å². The highest BCUT2D eigenvalue weighted by Crippen LogP contribution is 2.26. The minimum Gasteiger partial charge on any atom is -0.351 e. The molecule has 8 heteroatoms. The second kappa shape index (κ2) is 6.68. The minimum absolute atomic E-state index is 0.0909. The van der Waals surface area contributed by atoms with Gasteiger partial charge in [-0.05, 0) is 25.0 Å². The van der Waals surface area contributed by atoms with Gasteiger partial charge in [0.25, 0.3) is 0 Å². The number of piperidine rings is 1. The third kappa shape index (κ3) is 3.17. The van der Waals surface area contributed by atoms with Crippen molar-refractivity contribution in [1.29, 1.82) is 0 Å². The molecule has 0 aliphatic carbocycles. The quantitative estimate of drug-likeness (QED) is 0.882. The van der Waals surface area contributed by atoms with Gasteiger partial charge in [0.1, 0.15) is 0 Å². The van der Waals surface area contributed by atoms with Crippen LogP contribution in [0.5, 0.6) is 0 Å². The highest BCUT2D eigenvalue weighted by molar-refractivity contribution is 6.35. The average molecular weight is 350 g/mol. The van der Waals surface area contributed by atoms with Crippen molar-refractivity contribution in [1.82, 2.24) is 20.0 Å². The lowest BCUT2D eigenvalue weighted by Gasteiger charge is -2.30. The molecular formula is C16H20ClN5O2. The summed E-state index contributed by atoms with van der Waals surface area (Å²) in [7, 11) is 1.84. The maximum Gasteiger partial charge on any atom is 0.314 e. The maximum absolute atomic E-state index is 12.4. The molecule has 3 amide bonds. The van der Waals surface area contributed by atoms with Gasteiger partial charge in [-0.15, -0.1) is 0 Å². The van der Waals surface area contributed by atoms with Gasteiger partial charge < -0.3 is 16.0 Å². The Hall–Kier alpha value is -2.28. The first-order chi connectivity index (χ1) is 11.5. The molecule has 0 unspecified atom stereocenters. The van der Waals surface area contributed by atoms with Gasteiger partial charge in [0.2, 0.25) is 5.91 Å². The summed E-state index contributed by atoms with van der Waals surface area (Å²) in [4.78, 5) is 25.2. The Bertz CT molecular complexity index is 788. The number of hydrogen-bond acceptors (Lipinski definition) is 3. The van der Waals surface area contributed by atoms with Crippen molar-refractivity contribution in [3.05, 3.63) is 28.9 Å². The van der Waals surface area contributed by atoms with E-state index >= 15 is 0 Å². The third-order valence-corrected chi connectivity index (χ3v) is 4.75. The Kier molecular flexibility index (Phi) is 4.62. The molecule has 1 fully saturated rings. The monoisotopic (exact) mass is 349 g/mol. The molecule has 2 heterocycles. The Labute approximate surface area is 144 Å². The molecule has 0 spiro atoms. The van der Waals surface area contributed by atoms with E-state index in [1.54, 1.807) is 4.68 Å². The average Bonchev–Trinajstić information content (AvgIpc) is 2.90. The number of nitrogens with zero attached hydrogens (tertiary/aromatic N) is 3. The highest BCUT2D eigenvalue weighted by atomic mass is 35.5. The zero-order chi connectivity index (χ0) is 17.3. The van der Waals surface area contributed by atoms with E-state index in [9.17, 15) is 9.59 Å². The molecule has 0 bridgehead atoms. The molecule has 1 aliphatic heterocycles.